The summed E-state index contributed by atoms with van der Waals surface area (Å²) in [6.07, 6.45) is 3.51. The molecule has 0 bridgehead atoms. The molecule has 3 heterocycles. The highest BCUT2D eigenvalue weighted by Crippen LogP contribution is 2.22. The van der Waals surface area contributed by atoms with Gasteiger partial charge in [-0.2, -0.15) is 11.3 Å². The highest BCUT2D eigenvalue weighted by atomic mass is 32.1. The Balaban J connectivity index is 1.48. The van der Waals surface area contributed by atoms with Crippen molar-refractivity contribution >= 4 is 11.3 Å². The Kier molecular flexibility index (Phi) is 5.07. The molecule has 2 aliphatic heterocycles. The number of nitrogens with one attached hydrogen (secondary N) is 1. The zero-order valence-corrected chi connectivity index (χ0v) is 12.6. The molecule has 2 unspecified atom stereocenters. The molecule has 0 spiro atoms. The quantitative estimate of drug-likeness (QED) is 0.867. The number of nitrogens with zero attached hydrogens (tertiary/aromatic N) is 1. The van der Waals surface area contributed by atoms with E-state index in [1.165, 1.54) is 12.0 Å². The van der Waals surface area contributed by atoms with E-state index >= 15 is 0 Å². The maximum absolute atomic E-state index is 9.57. The van der Waals surface area contributed by atoms with Gasteiger partial charge in [-0.25, -0.2) is 0 Å². The molecule has 1 aromatic rings. The summed E-state index contributed by atoms with van der Waals surface area (Å²) < 4.78 is 5.48. The first-order valence-electron chi connectivity index (χ1n) is 7.57. The second-order valence-corrected chi connectivity index (χ2v) is 6.57. The highest BCUT2D eigenvalue weighted by Gasteiger charge is 2.28. The van der Waals surface area contributed by atoms with Crippen LogP contribution in [0.2, 0.25) is 0 Å². The van der Waals surface area contributed by atoms with Crippen molar-refractivity contribution in [2.75, 3.05) is 32.9 Å². The molecular formula is C15H24N2O2S. The summed E-state index contributed by atoms with van der Waals surface area (Å²) in [5.74, 6) is 0. The second-order valence-electron chi connectivity index (χ2n) is 5.79. The average Bonchev–Trinajstić information content (AvgIpc) is 3.18. The molecule has 5 heteroatoms. The van der Waals surface area contributed by atoms with Crippen LogP contribution in [0.4, 0.5) is 0 Å². The summed E-state index contributed by atoms with van der Waals surface area (Å²) in [4.78, 5) is 2.57. The van der Waals surface area contributed by atoms with Crippen molar-refractivity contribution < 1.29 is 9.84 Å². The van der Waals surface area contributed by atoms with Crippen LogP contribution in [0.5, 0.6) is 0 Å². The van der Waals surface area contributed by atoms with Gasteiger partial charge in [0.05, 0.1) is 19.3 Å². The molecular weight excluding hydrogens is 272 g/mol. The normalized spacial score (nSPS) is 26.9. The van der Waals surface area contributed by atoms with Gasteiger partial charge in [0.2, 0.25) is 0 Å². The van der Waals surface area contributed by atoms with Gasteiger partial charge in [0.25, 0.3) is 0 Å². The summed E-state index contributed by atoms with van der Waals surface area (Å²) in [5.41, 5.74) is 1.21. The van der Waals surface area contributed by atoms with Gasteiger partial charge in [0, 0.05) is 31.8 Å². The van der Waals surface area contributed by atoms with Crippen molar-refractivity contribution in [3.63, 3.8) is 0 Å². The van der Waals surface area contributed by atoms with E-state index in [-0.39, 0.29) is 12.6 Å². The average molecular weight is 296 g/mol. The molecule has 3 rings (SSSR count). The van der Waals surface area contributed by atoms with E-state index in [1.54, 1.807) is 11.3 Å². The molecule has 2 atom stereocenters. The standard InChI is InChI=1S/C15H24N2O2S/c18-9-15(12-4-8-20-11-12)16-13-1-5-17(6-2-13)14-3-7-19-10-14/h4,8,11,13-16,18H,1-3,5-7,9-10H2. The minimum absolute atomic E-state index is 0.0904. The third kappa shape index (κ3) is 3.40. The predicted molar refractivity (Wildman–Crippen MR) is 81.1 cm³/mol. The van der Waals surface area contributed by atoms with Gasteiger partial charge >= 0.3 is 0 Å². The van der Waals surface area contributed by atoms with Gasteiger partial charge in [0.1, 0.15) is 0 Å². The number of hydrogen-bond acceptors (Lipinski definition) is 5. The summed E-state index contributed by atoms with van der Waals surface area (Å²) in [6, 6.07) is 3.35. The van der Waals surface area contributed by atoms with E-state index in [1.807, 2.05) is 0 Å². The molecule has 2 fully saturated rings. The topological polar surface area (TPSA) is 44.7 Å². The smallest absolute Gasteiger partial charge is 0.0626 e. The van der Waals surface area contributed by atoms with Crippen LogP contribution in [0.1, 0.15) is 30.9 Å². The molecule has 112 valence electrons. The molecule has 1 aromatic heterocycles. The van der Waals surface area contributed by atoms with Crippen molar-refractivity contribution in [1.29, 1.82) is 0 Å². The zero-order chi connectivity index (χ0) is 13.8. The summed E-state index contributed by atoms with van der Waals surface area (Å²) in [7, 11) is 0. The summed E-state index contributed by atoms with van der Waals surface area (Å²) >= 11 is 1.69. The Hall–Kier alpha value is -0.460. The fraction of sp³-hybridized carbons (Fsp3) is 0.733. The first kappa shape index (κ1) is 14.5. The lowest BCUT2D eigenvalue weighted by Crippen LogP contribution is -2.47. The van der Waals surface area contributed by atoms with Crippen LogP contribution in [0.3, 0.4) is 0 Å². The zero-order valence-electron chi connectivity index (χ0n) is 11.8. The van der Waals surface area contributed by atoms with Gasteiger partial charge in [-0.05, 0) is 41.7 Å². The lowest BCUT2D eigenvalue weighted by Gasteiger charge is -2.37. The highest BCUT2D eigenvalue weighted by molar-refractivity contribution is 7.07. The number of rotatable bonds is 5. The molecule has 2 aliphatic rings. The third-order valence-electron chi connectivity index (χ3n) is 4.52. The maximum Gasteiger partial charge on any atom is 0.0626 e. The Bertz CT molecular complexity index is 385. The number of thiophene rings is 1. The van der Waals surface area contributed by atoms with Gasteiger partial charge in [0.15, 0.2) is 0 Å². The van der Waals surface area contributed by atoms with Crippen LogP contribution >= 0.6 is 11.3 Å². The second kappa shape index (κ2) is 7.00. The number of hydrogen-bond donors (Lipinski definition) is 2. The van der Waals surface area contributed by atoms with Crippen molar-refractivity contribution in [3.05, 3.63) is 22.4 Å². The van der Waals surface area contributed by atoms with Crippen molar-refractivity contribution in [1.82, 2.24) is 10.2 Å². The number of ether oxygens (including phenoxy) is 1. The van der Waals surface area contributed by atoms with E-state index in [9.17, 15) is 5.11 Å². The van der Waals surface area contributed by atoms with Gasteiger partial charge in [-0.1, -0.05) is 0 Å². The third-order valence-corrected chi connectivity index (χ3v) is 5.22. The minimum Gasteiger partial charge on any atom is -0.394 e. The number of aliphatic hydroxyl groups excluding tert-OH is 1. The first-order valence-corrected chi connectivity index (χ1v) is 8.52. The lowest BCUT2D eigenvalue weighted by atomic mass is 10.0. The van der Waals surface area contributed by atoms with Crippen molar-refractivity contribution in [2.45, 2.75) is 37.4 Å². The molecule has 0 radical (unpaired) electrons. The molecule has 4 nitrogen and oxygen atoms in total. The van der Waals surface area contributed by atoms with E-state index in [0.29, 0.717) is 12.1 Å². The number of likely N-dealkylation sites (tertiary alicyclic amines) is 1. The molecule has 0 saturated carbocycles. The molecule has 0 amide bonds. The Morgan fingerprint density at radius 2 is 2.25 bits per heavy atom. The largest absolute Gasteiger partial charge is 0.394 e. The fourth-order valence-corrected chi connectivity index (χ4v) is 3.97. The minimum atomic E-state index is 0.0904. The molecule has 0 aliphatic carbocycles. The first-order chi connectivity index (χ1) is 9.86. The molecule has 2 N–H and O–H groups in total. The van der Waals surface area contributed by atoms with Crippen LogP contribution < -0.4 is 5.32 Å². The molecule has 20 heavy (non-hydrogen) atoms. The number of piperidine rings is 1. The Morgan fingerprint density at radius 3 is 2.85 bits per heavy atom. The van der Waals surface area contributed by atoms with Gasteiger partial charge in [-0.15, -0.1) is 0 Å². The Labute approximate surface area is 124 Å². The lowest BCUT2D eigenvalue weighted by molar-refractivity contribution is 0.111. The van der Waals surface area contributed by atoms with E-state index in [4.69, 9.17) is 4.74 Å². The molecule has 0 aromatic carbocycles. The van der Waals surface area contributed by atoms with Crippen LogP contribution in [0, 0.1) is 0 Å². The van der Waals surface area contributed by atoms with E-state index in [2.05, 4.69) is 27.0 Å². The van der Waals surface area contributed by atoms with E-state index < -0.39 is 0 Å². The van der Waals surface area contributed by atoms with Crippen molar-refractivity contribution in [3.8, 4) is 0 Å². The van der Waals surface area contributed by atoms with Crippen LogP contribution in [-0.2, 0) is 4.74 Å². The van der Waals surface area contributed by atoms with Crippen LogP contribution in [0.25, 0.3) is 0 Å². The SMILES string of the molecule is OCC(NC1CCN(C2CCOC2)CC1)c1ccsc1. The number of aliphatic hydroxyl groups is 1. The van der Waals surface area contributed by atoms with Gasteiger partial charge in [-0.3, -0.25) is 4.90 Å². The van der Waals surface area contributed by atoms with Crippen LogP contribution in [0.15, 0.2) is 16.8 Å². The predicted octanol–water partition coefficient (Wildman–Crippen LogP) is 1.62. The summed E-state index contributed by atoms with van der Waals surface area (Å²) in [5, 5.41) is 17.4. The van der Waals surface area contributed by atoms with Crippen LogP contribution in [-0.4, -0.2) is 55.0 Å². The summed E-state index contributed by atoms with van der Waals surface area (Å²) in [6.45, 7) is 4.30. The molecule has 2 saturated heterocycles. The van der Waals surface area contributed by atoms with Gasteiger partial charge < -0.3 is 15.2 Å². The van der Waals surface area contributed by atoms with Crippen molar-refractivity contribution in [2.24, 2.45) is 0 Å². The Morgan fingerprint density at radius 1 is 1.40 bits per heavy atom. The van der Waals surface area contributed by atoms with E-state index in [0.717, 1.165) is 39.1 Å². The monoisotopic (exact) mass is 296 g/mol. The maximum atomic E-state index is 9.57. The fourth-order valence-electron chi connectivity index (χ4n) is 3.25.